The molecule has 0 aliphatic rings. The van der Waals surface area contributed by atoms with Crippen molar-refractivity contribution in [2.24, 2.45) is 0 Å². The van der Waals surface area contributed by atoms with Crippen molar-refractivity contribution < 1.29 is 9.13 Å². The minimum atomic E-state index is -0.730. The van der Waals surface area contributed by atoms with Crippen LogP contribution in [0.15, 0.2) is 6.33 Å². The third kappa shape index (κ3) is 1.16. The summed E-state index contributed by atoms with van der Waals surface area (Å²) in [6, 6.07) is 0. The van der Waals surface area contributed by atoms with Crippen LogP contribution in [0, 0.1) is 5.82 Å². The molecule has 0 N–H and O–H groups in total. The van der Waals surface area contributed by atoms with Gasteiger partial charge < -0.3 is 4.74 Å². The van der Waals surface area contributed by atoms with Gasteiger partial charge in [0.25, 0.3) is 5.88 Å². The Morgan fingerprint density at radius 3 is 2.80 bits per heavy atom. The third-order valence-corrected chi connectivity index (χ3v) is 1.17. The molecule has 0 saturated carbocycles. The standard InChI is InChI=1S/C5H4ClFN2O/c1-10-5-3(7)4(6)8-2-9-5/h2H,1H3. The Hall–Kier alpha value is -0.900. The summed E-state index contributed by atoms with van der Waals surface area (Å²) in [5.74, 6) is -0.869. The van der Waals surface area contributed by atoms with Crippen LogP contribution in [0.4, 0.5) is 4.39 Å². The van der Waals surface area contributed by atoms with Crippen LogP contribution in [0.5, 0.6) is 5.88 Å². The van der Waals surface area contributed by atoms with Gasteiger partial charge in [-0.1, -0.05) is 11.6 Å². The summed E-state index contributed by atoms with van der Waals surface area (Å²) in [5.41, 5.74) is 0. The van der Waals surface area contributed by atoms with Crippen molar-refractivity contribution in [2.75, 3.05) is 7.11 Å². The maximum absolute atomic E-state index is 12.6. The number of rotatable bonds is 1. The third-order valence-electron chi connectivity index (χ3n) is 0.908. The number of hydrogen-bond donors (Lipinski definition) is 0. The maximum Gasteiger partial charge on any atom is 0.254 e. The minimum Gasteiger partial charge on any atom is -0.479 e. The first-order valence-electron chi connectivity index (χ1n) is 2.45. The molecule has 0 unspecified atom stereocenters. The van der Waals surface area contributed by atoms with E-state index in [-0.39, 0.29) is 11.0 Å². The molecule has 0 radical (unpaired) electrons. The molecule has 0 aliphatic carbocycles. The van der Waals surface area contributed by atoms with E-state index in [9.17, 15) is 4.39 Å². The summed E-state index contributed by atoms with van der Waals surface area (Å²) in [4.78, 5) is 6.85. The molecule has 0 aliphatic heterocycles. The molecule has 0 amide bonds. The zero-order valence-electron chi connectivity index (χ0n) is 5.14. The highest BCUT2D eigenvalue weighted by Crippen LogP contribution is 2.17. The van der Waals surface area contributed by atoms with Gasteiger partial charge in [-0.15, -0.1) is 0 Å². The largest absolute Gasteiger partial charge is 0.479 e. The van der Waals surface area contributed by atoms with Gasteiger partial charge >= 0.3 is 0 Å². The number of ether oxygens (including phenoxy) is 1. The Morgan fingerprint density at radius 1 is 1.60 bits per heavy atom. The van der Waals surface area contributed by atoms with Gasteiger partial charge in [-0.2, -0.15) is 9.37 Å². The van der Waals surface area contributed by atoms with Gasteiger partial charge in [-0.05, 0) is 0 Å². The van der Waals surface area contributed by atoms with Crippen molar-refractivity contribution in [3.8, 4) is 5.88 Å². The lowest BCUT2D eigenvalue weighted by atomic mass is 10.6. The summed E-state index contributed by atoms with van der Waals surface area (Å²) in [6.07, 6.45) is 1.13. The first-order valence-corrected chi connectivity index (χ1v) is 2.83. The van der Waals surface area contributed by atoms with Crippen molar-refractivity contribution in [3.05, 3.63) is 17.3 Å². The highest BCUT2D eigenvalue weighted by Gasteiger charge is 2.07. The highest BCUT2D eigenvalue weighted by atomic mass is 35.5. The SMILES string of the molecule is COc1ncnc(Cl)c1F. The topological polar surface area (TPSA) is 35.0 Å². The molecule has 1 aromatic rings. The molecule has 0 fully saturated rings. The summed E-state index contributed by atoms with van der Waals surface area (Å²) >= 11 is 5.29. The minimum absolute atomic E-state index is 0.139. The van der Waals surface area contributed by atoms with Crippen LogP contribution in [0.2, 0.25) is 5.15 Å². The first-order chi connectivity index (χ1) is 4.75. The van der Waals surface area contributed by atoms with E-state index >= 15 is 0 Å². The molecule has 1 rings (SSSR count). The Kier molecular flexibility index (Phi) is 2.01. The van der Waals surface area contributed by atoms with E-state index < -0.39 is 5.82 Å². The first kappa shape index (κ1) is 7.21. The molecule has 1 aromatic heterocycles. The molecule has 3 nitrogen and oxygen atoms in total. The zero-order valence-corrected chi connectivity index (χ0v) is 5.89. The number of aromatic nitrogens is 2. The molecular formula is C5H4ClFN2O. The predicted molar refractivity (Wildman–Crippen MR) is 33.6 cm³/mol. The van der Waals surface area contributed by atoms with Gasteiger partial charge in [0.2, 0.25) is 5.82 Å². The molecule has 0 aromatic carbocycles. The van der Waals surface area contributed by atoms with Crippen LogP contribution in [0.1, 0.15) is 0 Å². The summed E-state index contributed by atoms with van der Waals surface area (Å²) < 4.78 is 17.1. The number of hydrogen-bond acceptors (Lipinski definition) is 3. The van der Waals surface area contributed by atoms with Crippen molar-refractivity contribution in [1.29, 1.82) is 0 Å². The second-order valence-electron chi connectivity index (χ2n) is 1.49. The molecule has 54 valence electrons. The Balaban J connectivity index is 3.14. The van der Waals surface area contributed by atoms with Gasteiger partial charge in [0, 0.05) is 0 Å². The summed E-state index contributed by atoms with van der Waals surface area (Å²) in [6.45, 7) is 0. The average Bonchev–Trinajstić information content (AvgIpc) is 1.95. The van der Waals surface area contributed by atoms with Gasteiger partial charge in [0.1, 0.15) is 6.33 Å². The fourth-order valence-corrected chi connectivity index (χ4v) is 0.600. The van der Waals surface area contributed by atoms with Crippen molar-refractivity contribution in [3.63, 3.8) is 0 Å². The van der Waals surface area contributed by atoms with Crippen LogP contribution in [-0.2, 0) is 0 Å². The van der Waals surface area contributed by atoms with Crippen LogP contribution in [0.3, 0.4) is 0 Å². The van der Waals surface area contributed by atoms with Crippen molar-refractivity contribution in [1.82, 2.24) is 9.97 Å². The monoisotopic (exact) mass is 162 g/mol. The van der Waals surface area contributed by atoms with E-state index in [1.165, 1.54) is 7.11 Å². The normalized spacial score (nSPS) is 9.50. The second-order valence-corrected chi connectivity index (χ2v) is 1.85. The van der Waals surface area contributed by atoms with Gasteiger partial charge in [-0.25, -0.2) is 4.98 Å². The lowest BCUT2D eigenvalue weighted by Crippen LogP contribution is -1.93. The Morgan fingerprint density at radius 2 is 2.30 bits per heavy atom. The van der Waals surface area contributed by atoms with E-state index in [2.05, 4.69) is 14.7 Å². The van der Waals surface area contributed by atoms with E-state index in [0.717, 1.165) is 6.33 Å². The predicted octanol–water partition coefficient (Wildman–Crippen LogP) is 1.28. The van der Waals surface area contributed by atoms with Gasteiger partial charge in [-0.3, -0.25) is 0 Å². The lowest BCUT2D eigenvalue weighted by Gasteiger charge is -1.98. The number of nitrogens with zero attached hydrogens (tertiary/aromatic N) is 2. The van der Waals surface area contributed by atoms with E-state index in [1.54, 1.807) is 0 Å². The van der Waals surface area contributed by atoms with E-state index in [4.69, 9.17) is 11.6 Å². The molecule has 0 bridgehead atoms. The molecule has 1 heterocycles. The molecule has 5 heteroatoms. The highest BCUT2D eigenvalue weighted by molar-refractivity contribution is 6.29. The molecule has 10 heavy (non-hydrogen) atoms. The van der Waals surface area contributed by atoms with Crippen LogP contribution >= 0.6 is 11.6 Å². The van der Waals surface area contributed by atoms with Gasteiger partial charge in [0.15, 0.2) is 5.15 Å². The fraction of sp³-hybridized carbons (Fsp3) is 0.200. The smallest absolute Gasteiger partial charge is 0.254 e. The van der Waals surface area contributed by atoms with Crippen molar-refractivity contribution >= 4 is 11.6 Å². The number of halogens is 2. The molecule has 0 spiro atoms. The quantitative estimate of drug-likeness (QED) is 0.584. The molecular weight excluding hydrogens is 159 g/mol. The second kappa shape index (κ2) is 2.79. The van der Waals surface area contributed by atoms with Crippen molar-refractivity contribution in [2.45, 2.75) is 0 Å². The molecule has 0 atom stereocenters. The lowest BCUT2D eigenvalue weighted by molar-refractivity contribution is 0.367. The Bertz CT molecular complexity index is 243. The van der Waals surface area contributed by atoms with Crippen LogP contribution in [-0.4, -0.2) is 17.1 Å². The zero-order chi connectivity index (χ0) is 7.56. The maximum atomic E-state index is 12.6. The average molecular weight is 163 g/mol. The summed E-state index contributed by atoms with van der Waals surface area (Å²) in [5, 5.41) is -0.230. The van der Waals surface area contributed by atoms with Gasteiger partial charge in [0.05, 0.1) is 7.11 Å². The van der Waals surface area contributed by atoms with E-state index in [0.29, 0.717) is 0 Å². The van der Waals surface area contributed by atoms with Crippen LogP contribution < -0.4 is 4.74 Å². The fourth-order valence-electron chi connectivity index (χ4n) is 0.476. The van der Waals surface area contributed by atoms with E-state index in [1.807, 2.05) is 0 Å². The Labute approximate surface area is 61.8 Å². The molecule has 0 saturated heterocycles. The van der Waals surface area contributed by atoms with Crippen LogP contribution in [0.25, 0.3) is 0 Å². The summed E-state index contributed by atoms with van der Waals surface area (Å²) in [7, 11) is 1.31. The number of methoxy groups -OCH3 is 1.